The van der Waals surface area contributed by atoms with Crippen molar-refractivity contribution in [2.45, 2.75) is 38.4 Å². The molecule has 0 aliphatic carbocycles. The van der Waals surface area contributed by atoms with Crippen molar-refractivity contribution in [1.82, 2.24) is 0 Å². The van der Waals surface area contributed by atoms with Crippen molar-refractivity contribution in [3.05, 3.63) is 60.2 Å². The maximum absolute atomic E-state index is 2.32. The predicted octanol–water partition coefficient (Wildman–Crippen LogP) is 6.81. The van der Waals surface area contributed by atoms with E-state index in [0.29, 0.717) is 0 Å². The van der Waals surface area contributed by atoms with Gasteiger partial charge in [0, 0.05) is 5.75 Å². The van der Waals surface area contributed by atoms with Crippen molar-refractivity contribution < 1.29 is 0 Å². The molecule has 0 amide bonds. The Labute approximate surface area is 137 Å². The maximum Gasteiger partial charge on any atom is 0.0196 e. The lowest BCUT2D eigenvalue weighted by molar-refractivity contribution is 0.706. The standard InChI is InChI=1S/C21H24S/c1-2-3-4-9-14-22-16-21-19-12-7-5-10-17(19)15-18-11-6-8-13-20(18)21/h5-8,10-13,15H,2-4,9,14,16H2,1H3. The monoisotopic (exact) mass is 308 g/mol. The first-order chi connectivity index (χ1) is 10.9. The predicted molar refractivity (Wildman–Crippen MR) is 102 cm³/mol. The smallest absolute Gasteiger partial charge is 0.0196 e. The second-order valence-corrected chi connectivity index (χ2v) is 7.02. The van der Waals surface area contributed by atoms with Crippen LogP contribution in [0.25, 0.3) is 21.5 Å². The zero-order chi connectivity index (χ0) is 15.2. The summed E-state index contributed by atoms with van der Waals surface area (Å²) in [6.07, 6.45) is 5.41. The number of unbranched alkanes of at least 4 members (excludes halogenated alkanes) is 3. The Morgan fingerprint density at radius 1 is 0.773 bits per heavy atom. The van der Waals surface area contributed by atoms with Gasteiger partial charge in [-0.15, -0.1) is 0 Å². The molecule has 0 aliphatic rings. The normalized spacial score (nSPS) is 11.3. The molecule has 0 saturated heterocycles. The molecular weight excluding hydrogens is 284 g/mol. The second-order valence-electron chi connectivity index (χ2n) is 5.91. The van der Waals surface area contributed by atoms with Crippen LogP contribution < -0.4 is 0 Å². The van der Waals surface area contributed by atoms with E-state index in [9.17, 15) is 0 Å². The fourth-order valence-electron chi connectivity index (χ4n) is 3.07. The second kappa shape index (κ2) is 7.69. The molecule has 0 fully saturated rings. The van der Waals surface area contributed by atoms with Crippen LogP contribution in [0.15, 0.2) is 54.6 Å². The van der Waals surface area contributed by atoms with Gasteiger partial charge in [0.25, 0.3) is 0 Å². The van der Waals surface area contributed by atoms with Crippen molar-refractivity contribution in [3.8, 4) is 0 Å². The quantitative estimate of drug-likeness (QED) is 0.341. The van der Waals surface area contributed by atoms with Gasteiger partial charge in [0.15, 0.2) is 0 Å². The van der Waals surface area contributed by atoms with Crippen LogP contribution in [0.4, 0.5) is 0 Å². The fourth-order valence-corrected chi connectivity index (χ4v) is 4.14. The molecule has 0 N–H and O–H groups in total. The van der Waals surface area contributed by atoms with Crippen LogP contribution in [0.1, 0.15) is 38.2 Å². The summed E-state index contributed by atoms with van der Waals surface area (Å²) in [5.41, 5.74) is 1.51. The first-order valence-electron chi connectivity index (χ1n) is 8.37. The van der Waals surface area contributed by atoms with E-state index in [0.717, 1.165) is 5.75 Å². The van der Waals surface area contributed by atoms with E-state index in [1.165, 1.54) is 58.5 Å². The van der Waals surface area contributed by atoms with Crippen LogP contribution >= 0.6 is 11.8 Å². The topological polar surface area (TPSA) is 0 Å². The summed E-state index contributed by atoms with van der Waals surface area (Å²) in [6.45, 7) is 2.27. The molecule has 0 heterocycles. The lowest BCUT2D eigenvalue weighted by Gasteiger charge is -2.11. The molecule has 0 bridgehead atoms. The lowest BCUT2D eigenvalue weighted by atomic mass is 9.98. The average Bonchev–Trinajstić information content (AvgIpc) is 2.57. The van der Waals surface area contributed by atoms with Crippen LogP contribution in [-0.4, -0.2) is 5.75 Å². The molecule has 0 spiro atoms. The first-order valence-corrected chi connectivity index (χ1v) is 9.52. The Morgan fingerprint density at radius 2 is 1.41 bits per heavy atom. The Balaban J connectivity index is 1.85. The van der Waals surface area contributed by atoms with Crippen molar-refractivity contribution in [2.24, 2.45) is 0 Å². The maximum atomic E-state index is 2.32. The van der Waals surface area contributed by atoms with E-state index in [1.54, 1.807) is 0 Å². The zero-order valence-corrected chi connectivity index (χ0v) is 14.2. The van der Waals surface area contributed by atoms with Gasteiger partial charge in [-0.3, -0.25) is 0 Å². The molecule has 3 aromatic rings. The minimum atomic E-state index is 1.12. The molecule has 22 heavy (non-hydrogen) atoms. The summed E-state index contributed by atoms with van der Waals surface area (Å²) in [5.74, 6) is 2.39. The third kappa shape index (κ3) is 3.47. The average molecular weight is 308 g/mol. The highest BCUT2D eigenvalue weighted by molar-refractivity contribution is 7.98. The van der Waals surface area contributed by atoms with E-state index in [2.05, 4.69) is 73.3 Å². The summed E-state index contributed by atoms with van der Waals surface area (Å²) in [5, 5.41) is 5.56. The van der Waals surface area contributed by atoms with E-state index in [1.807, 2.05) is 0 Å². The van der Waals surface area contributed by atoms with Gasteiger partial charge in [-0.1, -0.05) is 74.7 Å². The van der Waals surface area contributed by atoms with Gasteiger partial charge in [-0.05, 0) is 45.3 Å². The van der Waals surface area contributed by atoms with Gasteiger partial charge in [0.2, 0.25) is 0 Å². The summed E-state index contributed by atoms with van der Waals surface area (Å²) in [7, 11) is 0. The van der Waals surface area contributed by atoms with E-state index in [4.69, 9.17) is 0 Å². The van der Waals surface area contributed by atoms with Crippen LogP contribution in [0.3, 0.4) is 0 Å². The minimum absolute atomic E-state index is 1.12. The van der Waals surface area contributed by atoms with E-state index in [-0.39, 0.29) is 0 Å². The van der Waals surface area contributed by atoms with Crippen molar-refractivity contribution >= 4 is 33.3 Å². The molecule has 3 rings (SSSR count). The van der Waals surface area contributed by atoms with Crippen molar-refractivity contribution in [1.29, 1.82) is 0 Å². The van der Waals surface area contributed by atoms with Crippen molar-refractivity contribution in [2.75, 3.05) is 5.75 Å². The first kappa shape index (κ1) is 15.4. The van der Waals surface area contributed by atoms with Crippen LogP contribution in [-0.2, 0) is 5.75 Å². The largest absolute Gasteiger partial charge is 0.157 e. The SMILES string of the molecule is CCCCCCSCc1c2ccccc2cc2ccccc12. The number of thioether (sulfide) groups is 1. The molecule has 0 radical (unpaired) electrons. The highest BCUT2D eigenvalue weighted by Crippen LogP contribution is 2.31. The van der Waals surface area contributed by atoms with Crippen LogP contribution in [0.5, 0.6) is 0 Å². The van der Waals surface area contributed by atoms with Crippen LogP contribution in [0, 0.1) is 0 Å². The summed E-state index contributed by atoms with van der Waals surface area (Å²) in [6, 6.07) is 19.9. The molecule has 0 atom stereocenters. The number of rotatable bonds is 7. The van der Waals surface area contributed by atoms with Crippen molar-refractivity contribution in [3.63, 3.8) is 0 Å². The van der Waals surface area contributed by atoms with E-state index < -0.39 is 0 Å². The Kier molecular flexibility index (Phi) is 5.39. The van der Waals surface area contributed by atoms with Gasteiger partial charge in [-0.2, -0.15) is 11.8 Å². The van der Waals surface area contributed by atoms with Gasteiger partial charge < -0.3 is 0 Å². The summed E-state index contributed by atoms with van der Waals surface area (Å²) >= 11 is 2.09. The Bertz CT molecular complexity index is 691. The number of benzene rings is 3. The Morgan fingerprint density at radius 3 is 2.05 bits per heavy atom. The zero-order valence-electron chi connectivity index (χ0n) is 13.3. The van der Waals surface area contributed by atoms with Gasteiger partial charge in [-0.25, -0.2) is 0 Å². The number of hydrogen-bond acceptors (Lipinski definition) is 1. The third-order valence-corrected chi connectivity index (χ3v) is 5.34. The third-order valence-electron chi connectivity index (χ3n) is 4.27. The number of hydrogen-bond donors (Lipinski definition) is 0. The summed E-state index contributed by atoms with van der Waals surface area (Å²) < 4.78 is 0. The summed E-state index contributed by atoms with van der Waals surface area (Å²) in [4.78, 5) is 0. The highest BCUT2D eigenvalue weighted by atomic mass is 32.2. The molecule has 1 heteroatoms. The minimum Gasteiger partial charge on any atom is -0.157 e. The molecular formula is C21H24S. The Hall–Kier alpha value is -1.47. The molecule has 0 nitrogen and oxygen atoms in total. The lowest BCUT2D eigenvalue weighted by Crippen LogP contribution is -1.89. The molecule has 3 aromatic carbocycles. The molecule has 0 aromatic heterocycles. The highest BCUT2D eigenvalue weighted by Gasteiger charge is 2.07. The van der Waals surface area contributed by atoms with Gasteiger partial charge >= 0.3 is 0 Å². The number of fused-ring (bicyclic) bond motifs is 2. The van der Waals surface area contributed by atoms with Gasteiger partial charge in [0.1, 0.15) is 0 Å². The fraction of sp³-hybridized carbons (Fsp3) is 0.333. The molecule has 0 saturated carbocycles. The molecule has 0 aliphatic heterocycles. The van der Waals surface area contributed by atoms with E-state index >= 15 is 0 Å². The molecule has 0 unspecified atom stereocenters. The van der Waals surface area contributed by atoms with Crippen LogP contribution in [0.2, 0.25) is 0 Å². The van der Waals surface area contributed by atoms with Gasteiger partial charge in [0.05, 0.1) is 0 Å². The molecule has 114 valence electrons.